The van der Waals surface area contributed by atoms with E-state index in [4.69, 9.17) is 11.2 Å². The molecule has 0 spiro atoms. The lowest BCUT2D eigenvalue weighted by molar-refractivity contribution is 0.181. The van der Waals surface area contributed by atoms with E-state index in [1.54, 1.807) is 0 Å². The highest BCUT2D eigenvalue weighted by atomic mass is 16.5. The maximum Gasteiger partial charge on any atom is 0.0495 e. The van der Waals surface area contributed by atoms with Crippen LogP contribution in [0.1, 0.15) is 32.6 Å². The average Bonchev–Trinajstić information content (AvgIpc) is 2.67. The molecule has 14 heavy (non-hydrogen) atoms. The Morgan fingerprint density at radius 1 is 1.64 bits per heavy atom. The summed E-state index contributed by atoms with van der Waals surface area (Å²) in [5, 5.41) is 3.50. The van der Waals surface area contributed by atoms with Crippen LogP contribution in [0.15, 0.2) is 0 Å². The summed E-state index contributed by atoms with van der Waals surface area (Å²) >= 11 is 0. The SMILES string of the molecule is C#CCC(CC1CCOC1)NCCC. The van der Waals surface area contributed by atoms with Crippen molar-refractivity contribution >= 4 is 0 Å². The monoisotopic (exact) mass is 195 g/mol. The lowest BCUT2D eigenvalue weighted by Crippen LogP contribution is -2.31. The third-order valence-electron chi connectivity index (χ3n) is 2.69. The van der Waals surface area contributed by atoms with Crippen molar-refractivity contribution < 1.29 is 4.74 Å². The smallest absolute Gasteiger partial charge is 0.0495 e. The third kappa shape index (κ3) is 4.13. The van der Waals surface area contributed by atoms with Crippen molar-refractivity contribution in [2.45, 2.75) is 38.6 Å². The standard InChI is InChI=1S/C12H21NO/c1-3-5-12(13-7-4-2)9-11-6-8-14-10-11/h1,11-13H,4-10H2,2H3. The second-order valence-corrected chi connectivity index (χ2v) is 4.02. The van der Waals surface area contributed by atoms with Crippen LogP contribution in [-0.2, 0) is 4.74 Å². The molecule has 2 heteroatoms. The maximum absolute atomic E-state index is 5.36. The summed E-state index contributed by atoms with van der Waals surface area (Å²) in [5.41, 5.74) is 0. The molecule has 2 nitrogen and oxygen atoms in total. The summed E-state index contributed by atoms with van der Waals surface area (Å²) in [6, 6.07) is 0.492. The minimum Gasteiger partial charge on any atom is -0.381 e. The Labute approximate surface area is 87.4 Å². The largest absolute Gasteiger partial charge is 0.381 e. The number of nitrogens with one attached hydrogen (secondary N) is 1. The summed E-state index contributed by atoms with van der Waals surface area (Å²) in [6.07, 6.45) is 9.74. The molecule has 2 atom stereocenters. The van der Waals surface area contributed by atoms with Gasteiger partial charge in [0.05, 0.1) is 0 Å². The van der Waals surface area contributed by atoms with Gasteiger partial charge in [0, 0.05) is 25.7 Å². The van der Waals surface area contributed by atoms with E-state index in [0.29, 0.717) is 6.04 Å². The molecule has 1 fully saturated rings. The van der Waals surface area contributed by atoms with Crippen LogP contribution in [0.4, 0.5) is 0 Å². The van der Waals surface area contributed by atoms with Crippen LogP contribution >= 0.6 is 0 Å². The van der Waals surface area contributed by atoms with Gasteiger partial charge in [0.1, 0.15) is 0 Å². The number of hydrogen-bond donors (Lipinski definition) is 1. The second-order valence-electron chi connectivity index (χ2n) is 4.02. The van der Waals surface area contributed by atoms with Gasteiger partial charge in [0.25, 0.3) is 0 Å². The molecule has 1 rings (SSSR count). The zero-order valence-corrected chi connectivity index (χ0v) is 9.09. The van der Waals surface area contributed by atoms with Gasteiger partial charge in [-0.25, -0.2) is 0 Å². The van der Waals surface area contributed by atoms with Crippen LogP contribution < -0.4 is 5.32 Å². The van der Waals surface area contributed by atoms with E-state index in [1.807, 2.05) is 0 Å². The Morgan fingerprint density at radius 3 is 3.07 bits per heavy atom. The number of rotatable bonds is 6. The lowest BCUT2D eigenvalue weighted by Gasteiger charge is -2.18. The fourth-order valence-corrected chi connectivity index (χ4v) is 1.90. The van der Waals surface area contributed by atoms with Gasteiger partial charge in [-0.3, -0.25) is 0 Å². The van der Waals surface area contributed by atoms with Crippen LogP contribution in [0, 0.1) is 18.3 Å². The molecule has 1 N–H and O–H groups in total. The summed E-state index contributed by atoms with van der Waals surface area (Å²) in [7, 11) is 0. The summed E-state index contributed by atoms with van der Waals surface area (Å²) in [5.74, 6) is 3.47. The first-order valence-electron chi connectivity index (χ1n) is 5.61. The summed E-state index contributed by atoms with van der Waals surface area (Å²) < 4.78 is 5.36. The third-order valence-corrected chi connectivity index (χ3v) is 2.69. The lowest BCUT2D eigenvalue weighted by atomic mass is 9.97. The highest BCUT2D eigenvalue weighted by molar-refractivity contribution is 4.90. The van der Waals surface area contributed by atoms with Crippen molar-refractivity contribution in [3.8, 4) is 12.3 Å². The van der Waals surface area contributed by atoms with Gasteiger partial charge in [-0.15, -0.1) is 12.3 Å². The molecule has 2 unspecified atom stereocenters. The van der Waals surface area contributed by atoms with E-state index in [9.17, 15) is 0 Å². The molecule has 0 aliphatic carbocycles. The Morgan fingerprint density at radius 2 is 2.50 bits per heavy atom. The van der Waals surface area contributed by atoms with Gasteiger partial charge in [-0.05, 0) is 31.7 Å². The molecular weight excluding hydrogens is 174 g/mol. The van der Waals surface area contributed by atoms with Crippen LogP contribution in [0.25, 0.3) is 0 Å². The first-order chi connectivity index (χ1) is 6.86. The molecule has 1 aliphatic rings. The predicted molar refractivity (Wildman–Crippen MR) is 59.1 cm³/mol. The zero-order valence-electron chi connectivity index (χ0n) is 9.09. The Hall–Kier alpha value is -0.520. The number of ether oxygens (including phenoxy) is 1. The summed E-state index contributed by atoms with van der Waals surface area (Å²) in [4.78, 5) is 0. The van der Waals surface area contributed by atoms with Gasteiger partial charge in [0.15, 0.2) is 0 Å². The quantitative estimate of drug-likeness (QED) is 0.653. The highest BCUT2D eigenvalue weighted by Crippen LogP contribution is 2.19. The van der Waals surface area contributed by atoms with Gasteiger partial charge in [-0.1, -0.05) is 6.92 Å². The number of terminal acetylenes is 1. The van der Waals surface area contributed by atoms with Gasteiger partial charge in [-0.2, -0.15) is 0 Å². The first kappa shape index (κ1) is 11.6. The van der Waals surface area contributed by atoms with Crippen LogP contribution in [0.2, 0.25) is 0 Å². The topological polar surface area (TPSA) is 21.3 Å². The van der Waals surface area contributed by atoms with E-state index in [-0.39, 0.29) is 0 Å². The molecule has 0 radical (unpaired) electrons. The van der Waals surface area contributed by atoms with Crippen molar-refractivity contribution in [3.05, 3.63) is 0 Å². The van der Waals surface area contributed by atoms with Crippen molar-refractivity contribution in [1.29, 1.82) is 0 Å². The first-order valence-corrected chi connectivity index (χ1v) is 5.61. The van der Waals surface area contributed by atoms with Crippen LogP contribution in [0.5, 0.6) is 0 Å². The van der Waals surface area contributed by atoms with Gasteiger partial charge < -0.3 is 10.1 Å². The molecule has 0 aromatic heterocycles. The predicted octanol–water partition coefficient (Wildman–Crippen LogP) is 1.80. The molecular formula is C12H21NO. The normalized spacial score (nSPS) is 23.3. The van der Waals surface area contributed by atoms with Gasteiger partial charge >= 0.3 is 0 Å². The molecule has 0 aromatic carbocycles. The Kier molecular flexibility index (Phi) is 5.66. The van der Waals surface area contributed by atoms with Gasteiger partial charge in [0.2, 0.25) is 0 Å². The second kappa shape index (κ2) is 6.86. The maximum atomic E-state index is 5.36. The molecule has 0 bridgehead atoms. The van der Waals surface area contributed by atoms with E-state index in [2.05, 4.69) is 18.2 Å². The van der Waals surface area contributed by atoms with E-state index >= 15 is 0 Å². The van der Waals surface area contributed by atoms with Crippen molar-refractivity contribution in [2.75, 3.05) is 19.8 Å². The molecule has 1 heterocycles. The molecule has 80 valence electrons. The van der Waals surface area contributed by atoms with E-state index in [0.717, 1.165) is 32.1 Å². The minimum absolute atomic E-state index is 0.492. The molecule has 0 saturated carbocycles. The van der Waals surface area contributed by atoms with Crippen LogP contribution in [0.3, 0.4) is 0 Å². The van der Waals surface area contributed by atoms with E-state index < -0.39 is 0 Å². The van der Waals surface area contributed by atoms with Crippen molar-refractivity contribution in [3.63, 3.8) is 0 Å². The summed E-state index contributed by atoms with van der Waals surface area (Å²) in [6.45, 7) is 5.11. The Bertz CT molecular complexity index is 179. The van der Waals surface area contributed by atoms with Crippen molar-refractivity contribution in [1.82, 2.24) is 5.32 Å². The molecule has 1 saturated heterocycles. The molecule has 0 aromatic rings. The zero-order chi connectivity index (χ0) is 10.2. The van der Waals surface area contributed by atoms with Crippen LogP contribution in [-0.4, -0.2) is 25.8 Å². The fraction of sp³-hybridized carbons (Fsp3) is 0.833. The van der Waals surface area contributed by atoms with Crippen molar-refractivity contribution in [2.24, 2.45) is 5.92 Å². The molecule has 0 amide bonds. The number of hydrogen-bond acceptors (Lipinski definition) is 2. The minimum atomic E-state index is 0.492. The van der Waals surface area contributed by atoms with E-state index in [1.165, 1.54) is 19.3 Å². The average molecular weight is 195 g/mol. The Balaban J connectivity index is 2.22. The highest BCUT2D eigenvalue weighted by Gasteiger charge is 2.19. The molecule has 1 aliphatic heterocycles. The fourth-order valence-electron chi connectivity index (χ4n) is 1.90.